The Morgan fingerprint density at radius 3 is 2.47 bits per heavy atom. The average molecular weight is 424 g/mol. The standard InChI is InChI=1S/C21H22ClN7O/c22-18-8-6-17(7-9-18)15-24-28-20-25-19(23-14-16-4-2-1-3-5-16)26-21(27-20)29-10-12-30-13-11-29/h1-9,15H,10-14H2,(H2,23,25,26,27,28)/b24-15-. The van der Waals surface area contributed by atoms with Crippen molar-refractivity contribution in [2.24, 2.45) is 5.10 Å². The van der Waals surface area contributed by atoms with Crippen molar-refractivity contribution in [2.75, 3.05) is 41.9 Å². The zero-order chi connectivity index (χ0) is 20.6. The van der Waals surface area contributed by atoms with Crippen LogP contribution in [0.3, 0.4) is 0 Å². The molecule has 2 heterocycles. The molecule has 3 aromatic rings. The second kappa shape index (κ2) is 10.00. The first-order valence-corrected chi connectivity index (χ1v) is 10.1. The third-order valence-electron chi connectivity index (χ3n) is 4.46. The average Bonchev–Trinajstić information content (AvgIpc) is 2.80. The highest BCUT2D eigenvalue weighted by Gasteiger charge is 2.16. The Kier molecular flexibility index (Phi) is 6.68. The first kappa shape index (κ1) is 20.1. The number of benzene rings is 2. The molecule has 4 rings (SSSR count). The van der Waals surface area contributed by atoms with Gasteiger partial charge in [-0.3, -0.25) is 0 Å². The van der Waals surface area contributed by atoms with Crippen molar-refractivity contribution in [3.63, 3.8) is 0 Å². The van der Waals surface area contributed by atoms with E-state index in [0.29, 0.717) is 42.6 Å². The predicted molar refractivity (Wildman–Crippen MR) is 119 cm³/mol. The second-order valence-corrected chi connectivity index (χ2v) is 7.08. The van der Waals surface area contributed by atoms with E-state index in [1.807, 2.05) is 54.6 Å². The minimum absolute atomic E-state index is 0.368. The van der Waals surface area contributed by atoms with E-state index in [9.17, 15) is 0 Å². The van der Waals surface area contributed by atoms with Gasteiger partial charge in [-0.25, -0.2) is 5.43 Å². The van der Waals surface area contributed by atoms with Gasteiger partial charge in [0.25, 0.3) is 0 Å². The first-order valence-electron chi connectivity index (χ1n) is 9.67. The summed E-state index contributed by atoms with van der Waals surface area (Å²) in [6.45, 7) is 3.37. The van der Waals surface area contributed by atoms with Crippen LogP contribution in [-0.4, -0.2) is 47.5 Å². The van der Waals surface area contributed by atoms with Crippen LogP contribution in [0, 0.1) is 0 Å². The van der Waals surface area contributed by atoms with E-state index in [1.54, 1.807) is 6.21 Å². The highest BCUT2D eigenvalue weighted by molar-refractivity contribution is 6.30. The van der Waals surface area contributed by atoms with Crippen LogP contribution in [0.2, 0.25) is 5.02 Å². The van der Waals surface area contributed by atoms with E-state index >= 15 is 0 Å². The highest BCUT2D eigenvalue weighted by atomic mass is 35.5. The van der Waals surface area contributed by atoms with E-state index in [4.69, 9.17) is 16.3 Å². The summed E-state index contributed by atoms with van der Waals surface area (Å²) < 4.78 is 5.43. The Bertz CT molecular complexity index is 976. The molecule has 9 heteroatoms. The molecule has 0 aliphatic carbocycles. The van der Waals surface area contributed by atoms with Crippen LogP contribution >= 0.6 is 11.6 Å². The summed E-state index contributed by atoms with van der Waals surface area (Å²) in [7, 11) is 0. The molecule has 1 aromatic heterocycles. The van der Waals surface area contributed by atoms with Crippen LogP contribution in [0.15, 0.2) is 59.7 Å². The predicted octanol–water partition coefficient (Wildman–Crippen LogP) is 3.42. The third-order valence-corrected chi connectivity index (χ3v) is 4.71. The molecule has 1 fully saturated rings. The number of anilines is 3. The van der Waals surface area contributed by atoms with E-state index in [1.165, 1.54) is 0 Å². The molecule has 0 atom stereocenters. The summed E-state index contributed by atoms with van der Waals surface area (Å²) in [6.07, 6.45) is 1.69. The number of hydrogen-bond acceptors (Lipinski definition) is 8. The first-order chi connectivity index (χ1) is 14.8. The summed E-state index contributed by atoms with van der Waals surface area (Å²) >= 11 is 5.92. The fraction of sp³-hybridized carbons (Fsp3) is 0.238. The molecule has 30 heavy (non-hydrogen) atoms. The van der Waals surface area contributed by atoms with Crippen LogP contribution in [-0.2, 0) is 11.3 Å². The number of hydrazone groups is 1. The van der Waals surface area contributed by atoms with Gasteiger partial charge in [-0.2, -0.15) is 20.1 Å². The quantitative estimate of drug-likeness (QED) is 0.444. The van der Waals surface area contributed by atoms with Crippen molar-refractivity contribution in [1.82, 2.24) is 15.0 Å². The molecule has 1 aliphatic heterocycles. The SMILES string of the molecule is Clc1ccc(/C=N\Nc2nc(NCc3ccccc3)nc(N3CCOCC3)n2)cc1. The van der Waals surface area contributed by atoms with Crippen molar-refractivity contribution in [3.05, 3.63) is 70.7 Å². The molecule has 0 saturated carbocycles. The fourth-order valence-corrected chi connectivity index (χ4v) is 3.01. The van der Waals surface area contributed by atoms with Crippen LogP contribution < -0.4 is 15.6 Å². The van der Waals surface area contributed by atoms with Crippen molar-refractivity contribution < 1.29 is 4.74 Å². The number of halogens is 1. The molecule has 0 radical (unpaired) electrons. The Hall–Kier alpha value is -3.23. The minimum Gasteiger partial charge on any atom is -0.378 e. The smallest absolute Gasteiger partial charge is 0.250 e. The third kappa shape index (κ3) is 5.65. The van der Waals surface area contributed by atoms with Gasteiger partial charge in [0.2, 0.25) is 17.8 Å². The summed E-state index contributed by atoms with van der Waals surface area (Å²) in [5.74, 6) is 1.44. The zero-order valence-corrected chi connectivity index (χ0v) is 17.1. The Morgan fingerprint density at radius 2 is 1.70 bits per heavy atom. The number of nitrogens with one attached hydrogen (secondary N) is 2. The molecule has 0 bridgehead atoms. The lowest BCUT2D eigenvalue weighted by Gasteiger charge is -2.27. The van der Waals surface area contributed by atoms with E-state index in [2.05, 4.69) is 35.7 Å². The van der Waals surface area contributed by atoms with Gasteiger partial charge in [0.1, 0.15) is 0 Å². The topological polar surface area (TPSA) is 87.6 Å². The summed E-state index contributed by atoms with van der Waals surface area (Å²) in [6, 6.07) is 17.5. The second-order valence-electron chi connectivity index (χ2n) is 6.64. The number of ether oxygens (including phenoxy) is 1. The summed E-state index contributed by atoms with van der Waals surface area (Å²) in [5, 5.41) is 8.20. The van der Waals surface area contributed by atoms with E-state index in [0.717, 1.165) is 24.2 Å². The Labute approximate surface area is 180 Å². The monoisotopic (exact) mass is 423 g/mol. The van der Waals surface area contributed by atoms with Gasteiger partial charge in [-0.1, -0.05) is 54.1 Å². The van der Waals surface area contributed by atoms with Gasteiger partial charge in [0.05, 0.1) is 19.4 Å². The highest BCUT2D eigenvalue weighted by Crippen LogP contribution is 2.16. The van der Waals surface area contributed by atoms with Crippen molar-refractivity contribution >= 4 is 35.7 Å². The molecule has 0 amide bonds. The number of hydrogen-bond donors (Lipinski definition) is 2. The molecule has 2 aromatic carbocycles. The van der Waals surface area contributed by atoms with Gasteiger partial charge in [0.15, 0.2) is 0 Å². The van der Waals surface area contributed by atoms with E-state index < -0.39 is 0 Å². The molecule has 0 unspecified atom stereocenters. The number of aromatic nitrogens is 3. The van der Waals surface area contributed by atoms with Gasteiger partial charge in [-0.15, -0.1) is 0 Å². The maximum absolute atomic E-state index is 5.92. The summed E-state index contributed by atoms with van der Waals surface area (Å²) in [5.41, 5.74) is 4.96. The van der Waals surface area contributed by atoms with Gasteiger partial charge >= 0.3 is 0 Å². The lowest BCUT2D eigenvalue weighted by Crippen LogP contribution is -2.37. The lowest BCUT2D eigenvalue weighted by molar-refractivity contribution is 0.122. The largest absolute Gasteiger partial charge is 0.378 e. The van der Waals surface area contributed by atoms with Crippen LogP contribution in [0.25, 0.3) is 0 Å². The van der Waals surface area contributed by atoms with Gasteiger partial charge in [-0.05, 0) is 23.3 Å². The number of morpholine rings is 1. The number of rotatable bonds is 7. The van der Waals surface area contributed by atoms with Crippen LogP contribution in [0.1, 0.15) is 11.1 Å². The molecule has 8 nitrogen and oxygen atoms in total. The molecule has 0 spiro atoms. The van der Waals surface area contributed by atoms with Gasteiger partial charge < -0.3 is 15.0 Å². The van der Waals surface area contributed by atoms with Crippen molar-refractivity contribution in [2.45, 2.75) is 6.54 Å². The Morgan fingerprint density at radius 1 is 0.967 bits per heavy atom. The Balaban J connectivity index is 1.50. The van der Waals surface area contributed by atoms with Crippen molar-refractivity contribution in [3.8, 4) is 0 Å². The minimum atomic E-state index is 0.368. The molecule has 154 valence electrons. The van der Waals surface area contributed by atoms with Gasteiger partial charge in [0, 0.05) is 24.7 Å². The van der Waals surface area contributed by atoms with Crippen LogP contribution in [0.5, 0.6) is 0 Å². The van der Waals surface area contributed by atoms with Crippen LogP contribution in [0.4, 0.5) is 17.8 Å². The maximum Gasteiger partial charge on any atom is 0.250 e. The maximum atomic E-state index is 5.92. The zero-order valence-electron chi connectivity index (χ0n) is 16.3. The fourth-order valence-electron chi connectivity index (χ4n) is 2.89. The molecular weight excluding hydrogens is 402 g/mol. The lowest BCUT2D eigenvalue weighted by atomic mass is 10.2. The van der Waals surface area contributed by atoms with Crippen molar-refractivity contribution in [1.29, 1.82) is 0 Å². The molecule has 1 saturated heterocycles. The number of nitrogens with zero attached hydrogens (tertiary/aromatic N) is 5. The molecule has 2 N–H and O–H groups in total. The van der Waals surface area contributed by atoms with E-state index in [-0.39, 0.29) is 0 Å². The summed E-state index contributed by atoms with van der Waals surface area (Å²) in [4.78, 5) is 15.6. The normalized spacial score (nSPS) is 14.1. The molecular formula is C21H22ClN7O. The molecule has 1 aliphatic rings.